The maximum absolute atomic E-state index is 11.4. The SMILES string of the molecule is CCNC(=O)CCNC1CSCc2ccccc21. The van der Waals surface area contributed by atoms with Crippen LogP contribution in [0.4, 0.5) is 0 Å². The van der Waals surface area contributed by atoms with Crippen LogP contribution in [0.2, 0.25) is 0 Å². The van der Waals surface area contributed by atoms with E-state index >= 15 is 0 Å². The number of hydrogen-bond donors (Lipinski definition) is 2. The fourth-order valence-corrected chi connectivity index (χ4v) is 3.33. The Bertz CT molecular complexity index is 409. The molecule has 0 bridgehead atoms. The molecule has 18 heavy (non-hydrogen) atoms. The van der Waals surface area contributed by atoms with Gasteiger partial charge in [0.1, 0.15) is 0 Å². The lowest BCUT2D eigenvalue weighted by molar-refractivity contribution is -0.120. The molecule has 1 unspecified atom stereocenters. The second kappa shape index (κ2) is 6.81. The summed E-state index contributed by atoms with van der Waals surface area (Å²) < 4.78 is 0. The normalized spacial score (nSPS) is 18.2. The highest BCUT2D eigenvalue weighted by molar-refractivity contribution is 7.98. The van der Waals surface area contributed by atoms with Crippen LogP contribution in [0.15, 0.2) is 24.3 Å². The van der Waals surface area contributed by atoms with Gasteiger partial charge in [0.25, 0.3) is 0 Å². The summed E-state index contributed by atoms with van der Waals surface area (Å²) >= 11 is 1.95. The lowest BCUT2D eigenvalue weighted by atomic mass is 10.0. The molecular formula is C14H20N2OS. The number of amides is 1. The van der Waals surface area contributed by atoms with Gasteiger partial charge in [-0.3, -0.25) is 4.79 Å². The summed E-state index contributed by atoms with van der Waals surface area (Å²) in [5.74, 6) is 2.32. The molecule has 0 saturated carbocycles. The molecule has 1 aliphatic heterocycles. The minimum Gasteiger partial charge on any atom is -0.356 e. The highest BCUT2D eigenvalue weighted by Gasteiger charge is 2.19. The van der Waals surface area contributed by atoms with Crippen molar-refractivity contribution in [3.05, 3.63) is 35.4 Å². The first-order chi connectivity index (χ1) is 8.81. The van der Waals surface area contributed by atoms with Gasteiger partial charge in [-0.1, -0.05) is 24.3 Å². The van der Waals surface area contributed by atoms with E-state index < -0.39 is 0 Å². The van der Waals surface area contributed by atoms with Crippen molar-refractivity contribution in [2.24, 2.45) is 0 Å². The van der Waals surface area contributed by atoms with Crippen molar-refractivity contribution in [3.63, 3.8) is 0 Å². The predicted octanol–water partition coefficient (Wildman–Crippen LogP) is 2.09. The zero-order chi connectivity index (χ0) is 12.8. The quantitative estimate of drug-likeness (QED) is 0.855. The highest BCUT2D eigenvalue weighted by Crippen LogP contribution is 2.31. The van der Waals surface area contributed by atoms with Crippen molar-refractivity contribution < 1.29 is 4.79 Å². The summed E-state index contributed by atoms with van der Waals surface area (Å²) in [6.45, 7) is 3.39. The first-order valence-electron chi connectivity index (χ1n) is 6.47. The average molecular weight is 264 g/mol. The zero-order valence-electron chi connectivity index (χ0n) is 10.7. The third-order valence-corrected chi connectivity index (χ3v) is 4.17. The lowest BCUT2D eigenvalue weighted by Crippen LogP contribution is -2.31. The number of fused-ring (bicyclic) bond motifs is 1. The average Bonchev–Trinajstić information content (AvgIpc) is 2.39. The lowest BCUT2D eigenvalue weighted by Gasteiger charge is -2.26. The second-order valence-corrected chi connectivity index (χ2v) is 5.45. The van der Waals surface area contributed by atoms with Gasteiger partial charge in [0, 0.05) is 37.1 Å². The van der Waals surface area contributed by atoms with Crippen molar-refractivity contribution in [2.45, 2.75) is 25.1 Å². The number of carbonyl (C=O) groups is 1. The van der Waals surface area contributed by atoms with Crippen molar-refractivity contribution in [2.75, 3.05) is 18.8 Å². The first-order valence-corrected chi connectivity index (χ1v) is 7.62. The summed E-state index contributed by atoms with van der Waals surface area (Å²) in [6, 6.07) is 8.96. The topological polar surface area (TPSA) is 41.1 Å². The van der Waals surface area contributed by atoms with E-state index in [9.17, 15) is 4.79 Å². The van der Waals surface area contributed by atoms with Crippen LogP contribution in [-0.2, 0) is 10.5 Å². The van der Waals surface area contributed by atoms with Crippen LogP contribution in [-0.4, -0.2) is 24.7 Å². The van der Waals surface area contributed by atoms with Gasteiger partial charge in [0.15, 0.2) is 0 Å². The summed E-state index contributed by atoms with van der Waals surface area (Å²) in [4.78, 5) is 11.4. The van der Waals surface area contributed by atoms with Gasteiger partial charge in [-0.05, 0) is 18.1 Å². The molecule has 2 N–H and O–H groups in total. The summed E-state index contributed by atoms with van der Waals surface area (Å²) in [6.07, 6.45) is 0.553. The van der Waals surface area contributed by atoms with Gasteiger partial charge >= 0.3 is 0 Å². The Kier molecular flexibility index (Phi) is 5.08. The van der Waals surface area contributed by atoms with Crippen LogP contribution < -0.4 is 10.6 Å². The molecule has 0 aliphatic carbocycles. The van der Waals surface area contributed by atoms with E-state index in [1.165, 1.54) is 11.1 Å². The van der Waals surface area contributed by atoms with Gasteiger partial charge in [-0.25, -0.2) is 0 Å². The van der Waals surface area contributed by atoms with E-state index in [4.69, 9.17) is 0 Å². The molecule has 0 radical (unpaired) electrons. The summed E-state index contributed by atoms with van der Waals surface area (Å²) in [7, 11) is 0. The molecule has 1 aromatic carbocycles. The Balaban J connectivity index is 1.86. The number of thioether (sulfide) groups is 1. The fourth-order valence-electron chi connectivity index (χ4n) is 2.20. The van der Waals surface area contributed by atoms with E-state index in [0.717, 1.165) is 18.1 Å². The molecule has 0 fully saturated rings. The van der Waals surface area contributed by atoms with Crippen LogP contribution in [0.3, 0.4) is 0 Å². The molecule has 1 amide bonds. The molecule has 1 atom stereocenters. The van der Waals surface area contributed by atoms with Gasteiger partial charge < -0.3 is 10.6 Å². The van der Waals surface area contributed by atoms with E-state index in [2.05, 4.69) is 34.9 Å². The highest BCUT2D eigenvalue weighted by atomic mass is 32.2. The Morgan fingerprint density at radius 1 is 1.44 bits per heavy atom. The Hall–Kier alpha value is -1.00. The smallest absolute Gasteiger partial charge is 0.221 e. The molecule has 2 rings (SSSR count). The number of nitrogens with one attached hydrogen (secondary N) is 2. The number of carbonyl (C=O) groups excluding carboxylic acids is 1. The van der Waals surface area contributed by atoms with E-state index in [1.807, 2.05) is 18.7 Å². The molecule has 0 spiro atoms. The van der Waals surface area contributed by atoms with Gasteiger partial charge in [-0.2, -0.15) is 11.8 Å². The maximum atomic E-state index is 11.4. The van der Waals surface area contributed by atoms with Crippen LogP contribution in [0.1, 0.15) is 30.5 Å². The van der Waals surface area contributed by atoms with Crippen molar-refractivity contribution in [1.29, 1.82) is 0 Å². The molecule has 1 heterocycles. The predicted molar refractivity (Wildman–Crippen MR) is 76.6 cm³/mol. The number of rotatable bonds is 5. The maximum Gasteiger partial charge on any atom is 0.221 e. The molecule has 4 heteroatoms. The van der Waals surface area contributed by atoms with E-state index in [-0.39, 0.29) is 5.91 Å². The molecule has 1 aromatic rings. The van der Waals surface area contributed by atoms with Gasteiger partial charge in [-0.15, -0.1) is 0 Å². The summed E-state index contributed by atoms with van der Waals surface area (Å²) in [5, 5.41) is 6.30. The third-order valence-electron chi connectivity index (χ3n) is 3.09. The standard InChI is InChI=1S/C14H20N2OS/c1-2-15-14(17)7-8-16-13-10-18-9-11-5-3-4-6-12(11)13/h3-6,13,16H,2,7-10H2,1H3,(H,15,17). The number of benzene rings is 1. The molecule has 98 valence electrons. The van der Waals surface area contributed by atoms with E-state index in [1.54, 1.807) is 0 Å². The zero-order valence-corrected chi connectivity index (χ0v) is 11.6. The Morgan fingerprint density at radius 2 is 2.28 bits per heavy atom. The Morgan fingerprint density at radius 3 is 3.11 bits per heavy atom. The van der Waals surface area contributed by atoms with Gasteiger partial charge in [0.05, 0.1) is 0 Å². The minimum absolute atomic E-state index is 0.127. The monoisotopic (exact) mass is 264 g/mol. The van der Waals surface area contributed by atoms with Crippen LogP contribution in [0, 0.1) is 0 Å². The molecule has 0 saturated heterocycles. The summed E-state index contributed by atoms with van der Waals surface area (Å²) in [5.41, 5.74) is 2.82. The third kappa shape index (κ3) is 3.50. The van der Waals surface area contributed by atoms with Crippen molar-refractivity contribution in [3.8, 4) is 0 Å². The first kappa shape index (κ1) is 13.4. The Labute approximate surface area is 113 Å². The molecule has 3 nitrogen and oxygen atoms in total. The van der Waals surface area contributed by atoms with Crippen molar-refractivity contribution >= 4 is 17.7 Å². The molecule has 0 aromatic heterocycles. The largest absolute Gasteiger partial charge is 0.356 e. The van der Waals surface area contributed by atoms with Crippen molar-refractivity contribution in [1.82, 2.24) is 10.6 Å². The minimum atomic E-state index is 0.127. The molecule has 1 aliphatic rings. The fraction of sp³-hybridized carbons (Fsp3) is 0.500. The van der Waals surface area contributed by atoms with Crippen LogP contribution in [0.5, 0.6) is 0 Å². The van der Waals surface area contributed by atoms with Gasteiger partial charge in [0.2, 0.25) is 5.91 Å². The molecular weight excluding hydrogens is 244 g/mol. The van der Waals surface area contributed by atoms with Crippen LogP contribution in [0.25, 0.3) is 0 Å². The van der Waals surface area contributed by atoms with E-state index in [0.29, 0.717) is 19.0 Å². The number of hydrogen-bond acceptors (Lipinski definition) is 3. The second-order valence-electron chi connectivity index (χ2n) is 4.42. The van der Waals surface area contributed by atoms with Crippen LogP contribution >= 0.6 is 11.8 Å².